The van der Waals surface area contributed by atoms with Gasteiger partial charge in [0.1, 0.15) is 17.3 Å². The van der Waals surface area contributed by atoms with E-state index in [1.165, 1.54) is 0 Å². The Bertz CT molecular complexity index is 416. The summed E-state index contributed by atoms with van der Waals surface area (Å²) in [6, 6.07) is 3.56. The Morgan fingerprint density at radius 1 is 1.60 bits per heavy atom. The van der Waals surface area contributed by atoms with Crippen LogP contribution in [0, 0.1) is 0 Å². The predicted molar refractivity (Wildman–Crippen MR) is 57.2 cm³/mol. The monoisotopic (exact) mass is 204 g/mol. The van der Waals surface area contributed by atoms with Gasteiger partial charge in [0.2, 0.25) is 0 Å². The van der Waals surface area contributed by atoms with Gasteiger partial charge in [0.15, 0.2) is 0 Å². The van der Waals surface area contributed by atoms with E-state index in [1.807, 2.05) is 6.92 Å². The van der Waals surface area contributed by atoms with Crippen molar-refractivity contribution in [2.45, 2.75) is 19.8 Å². The molecule has 0 bridgehead atoms. The molecule has 0 spiro atoms. The lowest BCUT2D eigenvalue weighted by Crippen LogP contribution is -2.23. The van der Waals surface area contributed by atoms with Crippen LogP contribution in [0.3, 0.4) is 0 Å². The van der Waals surface area contributed by atoms with E-state index in [9.17, 15) is 4.79 Å². The third-order valence-corrected chi connectivity index (χ3v) is 2.05. The maximum Gasteiger partial charge on any atom is 0.275 e. The van der Waals surface area contributed by atoms with Gasteiger partial charge in [-0.2, -0.15) is 0 Å². The summed E-state index contributed by atoms with van der Waals surface area (Å²) >= 11 is 0. The summed E-state index contributed by atoms with van der Waals surface area (Å²) in [7, 11) is 0. The molecule has 2 heterocycles. The highest BCUT2D eigenvalue weighted by molar-refractivity contribution is 6.14. The number of carbonyl (C=O) groups is 1. The van der Waals surface area contributed by atoms with Crippen molar-refractivity contribution in [3.63, 3.8) is 0 Å². The summed E-state index contributed by atoms with van der Waals surface area (Å²) in [5, 5.41) is 2.72. The predicted octanol–water partition coefficient (Wildman–Crippen LogP) is 1.95. The minimum absolute atomic E-state index is 0.158. The lowest BCUT2D eigenvalue weighted by Gasteiger charge is -1.93. The maximum atomic E-state index is 11.5. The second-order valence-electron chi connectivity index (χ2n) is 3.31. The fourth-order valence-electron chi connectivity index (χ4n) is 1.38. The quantitative estimate of drug-likeness (QED) is 0.765. The minimum atomic E-state index is -0.158. The Kier molecular flexibility index (Phi) is 2.67. The summed E-state index contributed by atoms with van der Waals surface area (Å²) < 4.78 is 5.11. The molecule has 1 aliphatic heterocycles. The summed E-state index contributed by atoms with van der Waals surface area (Å²) in [4.78, 5) is 15.6. The van der Waals surface area contributed by atoms with Crippen LogP contribution in [-0.4, -0.2) is 11.7 Å². The smallest absolute Gasteiger partial charge is 0.275 e. The zero-order valence-electron chi connectivity index (χ0n) is 8.49. The van der Waals surface area contributed by atoms with Crippen LogP contribution in [-0.2, 0) is 4.79 Å². The summed E-state index contributed by atoms with van der Waals surface area (Å²) in [6.07, 6.45) is 4.96. The maximum absolute atomic E-state index is 11.5. The molecule has 0 radical (unpaired) electrons. The van der Waals surface area contributed by atoms with Crippen LogP contribution in [0.1, 0.15) is 25.5 Å². The van der Waals surface area contributed by atoms with Gasteiger partial charge < -0.3 is 9.73 Å². The van der Waals surface area contributed by atoms with E-state index in [4.69, 9.17) is 4.42 Å². The molecule has 4 nitrogen and oxygen atoms in total. The van der Waals surface area contributed by atoms with Crippen LogP contribution < -0.4 is 5.32 Å². The number of amidine groups is 1. The molecule has 2 rings (SSSR count). The van der Waals surface area contributed by atoms with Crippen molar-refractivity contribution in [1.82, 2.24) is 5.32 Å². The zero-order chi connectivity index (χ0) is 10.7. The second-order valence-corrected chi connectivity index (χ2v) is 3.31. The van der Waals surface area contributed by atoms with Crippen LogP contribution in [0.5, 0.6) is 0 Å². The lowest BCUT2D eigenvalue weighted by molar-refractivity contribution is -0.115. The van der Waals surface area contributed by atoms with E-state index in [0.29, 0.717) is 11.5 Å². The number of rotatable bonds is 3. The number of furan rings is 1. The summed E-state index contributed by atoms with van der Waals surface area (Å²) in [6.45, 7) is 2.04. The van der Waals surface area contributed by atoms with Crippen LogP contribution in [0.15, 0.2) is 33.5 Å². The Labute approximate surface area is 87.7 Å². The molecular formula is C11H12N2O2. The average Bonchev–Trinajstić information content (AvgIpc) is 2.79. The Morgan fingerprint density at radius 3 is 3.13 bits per heavy atom. The molecule has 4 heteroatoms. The number of hydrogen-bond acceptors (Lipinski definition) is 3. The van der Waals surface area contributed by atoms with Gasteiger partial charge in [-0.15, -0.1) is 0 Å². The number of carbonyl (C=O) groups excluding carboxylic acids is 1. The molecule has 0 atom stereocenters. The molecule has 0 fully saturated rings. The Balaban J connectivity index is 2.19. The van der Waals surface area contributed by atoms with Crippen LogP contribution in [0.2, 0.25) is 0 Å². The SMILES string of the molecule is CCCC1=N/C(=C\c2ccco2)C(=O)N1. The molecule has 0 unspecified atom stereocenters. The third kappa shape index (κ3) is 2.15. The molecular weight excluding hydrogens is 192 g/mol. The van der Waals surface area contributed by atoms with Crippen LogP contribution >= 0.6 is 0 Å². The highest BCUT2D eigenvalue weighted by atomic mass is 16.3. The molecule has 0 aromatic carbocycles. The van der Waals surface area contributed by atoms with Gasteiger partial charge in [0, 0.05) is 12.5 Å². The van der Waals surface area contributed by atoms with Crippen molar-refractivity contribution in [2.24, 2.45) is 4.99 Å². The van der Waals surface area contributed by atoms with Gasteiger partial charge in [-0.1, -0.05) is 6.92 Å². The van der Waals surface area contributed by atoms with Crippen molar-refractivity contribution < 1.29 is 9.21 Å². The number of aliphatic imine (C=N–C) groups is 1. The molecule has 0 saturated carbocycles. The topological polar surface area (TPSA) is 54.6 Å². The highest BCUT2D eigenvalue weighted by Gasteiger charge is 2.19. The minimum Gasteiger partial charge on any atom is -0.465 e. The number of nitrogens with one attached hydrogen (secondary N) is 1. The average molecular weight is 204 g/mol. The number of nitrogens with zero attached hydrogens (tertiary/aromatic N) is 1. The Morgan fingerprint density at radius 2 is 2.47 bits per heavy atom. The highest BCUT2D eigenvalue weighted by Crippen LogP contribution is 2.13. The molecule has 0 saturated heterocycles. The number of amides is 1. The van der Waals surface area contributed by atoms with E-state index in [2.05, 4.69) is 10.3 Å². The van der Waals surface area contributed by atoms with E-state index in [1.54, 1.807) is 24.5 Å². The molecule has 1 amide bonds. The van der Waals surface area contributed by atoms with E-state index in [0.717, 1.165) is 18.7 Å². The molecule has 1 aliphatic rings. The first-order chi connectivity index (χ1) is 7.29. The Hall–Kier alpha value is -1.84. The van der Waals surface area contributed by atoms with Crippen LogP contribution in [0.25, 0.3) is 6.08 Å². The summed E-state index contributed by atoms with van der Waals surface area (Å²) in [5.74, 6) is 1.22. The van der Waals surface area contributed by atoms with Gasteiger partial charge in [-0.3, -0.25) is 4.79 Å². The largest absolute Gasteiger partial charge is 0.465 e. The van der Waals surface area contributed by atoms with Crippen molar-refractivity contribution in [1.29, 1.82) is 0 Å². The molecule has 1 aromatic rings. The first-order valence-electron chi connectivity index (χ1n) is 4.93. The van der Waals surface area contributed by atoms with Crippen molar-refractivity contribution in [2.75, 3.05) is 0 Å². The third-order valence-electron chi connectivity index (χ3n) is 2.05. The van der Waals surface area contributed by atoms with Gasteiger partial charge in [-0.05, 0) is 18.6 Å². The van der Waals surface area contributed by atoms with E-state index >= 15 is 0 Å². The standard InChI is InChI=1S/C11H12N2O2/c1-2-4-10-12-9(11(14)13-10)7-8-5-3-6-15-8/h3,5-7H,2,4H2,1H3,(H,12,13,14)/b9-7-. The number of hydrogen-bond donors (Lipinski definition) is 1. The molecule has 1 aromatic heterocycles. The summed E-state index contributed by atoms with van der Waals surface area (Å²) in [5.41, 5.74) is 0.411. The molecule has 15 heavy (non-hydrogen) atoms. The first-order valence-corrected chi connectivity index (χ1v) is 4.93. The van der Waals surface area contributed by atoms with Crippen molar-refractivity contribution in [3.8, 4) is 0 Å². The van der Waals surface area contributed by atoms with Gasteiger partial charge in [0.25, 0.3) is 5.91 Å². The zero-order valence-corrected chi connectivity index (χ0v) is 8.49. The van der Waals surface area contributed by atoms with Gasteiger partial charge in [-0.25, -0.2) is 4.99 Å². The van der Waals surface area contributed by atoms with Crippen molar-refractivity contribution >= 4 is 17.8 Å². The van der Waals surface area contributed by atoms with Gasteiger partial charge >= 0.3 is 0 Å². The normalized spacial score (nSPS) is 18.1. The second kappa shape index (κ2) is 4.13. The molecule has 78 valence electrons. The fourth-order valence-corrected chi connectivity index (χ4v) is 1.38. The lowest BCUT2D eigenvalue weighted by atomic mass is 10.3. The van der Waals surface area contributed by atoms with Crippen molar-refractivity contribution in [3.05, 3.63) is 29.9 Å². The fraction of sp³-hybridized carbons (Fsp3) is 0.273. The van der Waals surface area contributed by atoms with E-state index in [-0.39, 0.29) is 5.91 Å². The van der Waals surface area contributed by atoms with Crippen LogP contribution in [0.4, 0.5) is 0 Å². The first kappa shape index (κ1) is 9.71. The van der Waals surface area contributed by atoms with E-state index < -0.39 is 0 Å². The van der Waals surface area contributed by atoms with Gasteiger partial charge in [0.05, 0.1) is 6.26 Å². The molecule has 0 aliphatic carbocycles. The molecule has 1 N–H and O–H groups in total.